The number of benzene rings is 1. The maximum atomic E-state index is 12.7. The largest absolute Gasteiger partial charge is 0.384 e. The molecule has 96 valence electrons. The van der Waals surface area contributed by atoms with Crippen molar-refractivity contribution in [3.05, 3.63) is 30.1 Å². The molecule has 0 aliphatic rings. The van der Waals surface area contributed by atoms with E-state index < -0.39 is 0 Å². The van der Waals surface area contributed by atoms with Crippen LogP contribution in [-0.2, 0) is 0 Å². The van der Waals surface area contributed by atoms with Gasteiger partial charge in [0.25, 0.3) is 0 Å². The molecule has 0 saturated carbocycles. The van der Waals surface area contributed by atoms with Crippen molar-refractivity contribution in [1.82, 2.24) is 4.90 Å². The summed E-state index contributed by atoms with van der Waals surface area (Å²) >= 11 is 0. The maximum Gasteiger partial charge on any atom is 0.123 e. The van der Waals surface area contributed by atoms with E-state index in [0.29, 0.717) is 0 Å². The van der Waals surface area contributed by atoms with Crippen molar-refractivity contribution in [2.45, 2.75) is 20.3 Å². The van der Waals surface area contributed by atoms with Gasteiger partial charge in [0.05, 0.1) is 0 Å². The molecule has 17 heavy (non-hydrogen) atoms. The Balaban J connectivity index is 2.21. The predicted molar refractivity (Wildman–Crippen MR) is 71.8 cm³/mol. The molecule has 0 aromatic heterocycles. The van der Waals surface area contributed by atoms with Crippen LogP contribution >= 0.6 is 0 Å². The van der Waals surface area contributed by atoms with Crippen LogP contribution < -0.4 is 5.32 Å². The molecule has 1 N–H and O–H groups in total. The van der Waals surface area contributed by atoms with Crippen molar-refractivity contribution in [3.63, 3.8) is 0 Å². The molecule has 1 atom stereocenters. The van der Waals surface area contributed by atoms with Crippen LogP contribution in [0.5, 0.6) is 0 Å². The van der Waals surface area contributed by atoms with Gasteiger partial charge in [0.15, 0.2) is 0 Å². The Morgan fingerprint density at radius 3 is 2.53 bits per heavy atom. The van der Waals surface area contributed by atoms with Crippen LogP contribution in [0.25, 0.3) is 0 Å². The summed E-state index contributed by atoms with van der Waals surface area (Å²) < 4.78 is 12.7. The molecule has 1 aromatic rings. The number of nitrogens with one attached hydrogen (secondary N) is 1. The molecular formula is C14H23FN2. The standard InChI is InChI=1S/C14H23FN2/c1-4-12(2)11-17(3)10-9-16-14-7-5-13(15)6-8-14/h5-8,12,16H,4,9-11H2,1-3H3. The first kappa shape index (κ1) is 14.0. The molecule has 0 fully saturated rings. The Morgan fingerprint density at radius 2 is 1.94 bits per heavy atom. The lowest BCUT2D eigenvalue weighted by Gasteiger charge is -2.20. The fourth-order valence-corrected chi connectivity index (χ4v) is 1.71. The monoisotopic (exact) mass is 238 g/mol. The van der Waals surface area contributed by atoms with Crippen molar-refractivity contribution in [2.75, 3.05) is 32.0 Å². The van der Waals surface area contributed by atoms with Crippen LogP contribution in [0.1, 0.15) is 20.3 Å². The third-order valence-electron chi connectivity index (χ3n) is 2.99. The van der Waals surface area contributed by atoms with Crippen molar-refractivity contribution < 1.29 is 4.39 Å². The van der Waals surface area contributed by atoms with E-state index in [1.807, 2.05) is 0 Å². The molecule has 1 aromatic carbocycles. The summed E-state index contributed by atoms with van der Waals surface area (Å²) in [5.41, 5.74) is 0.975. The molecule has 1 rings (SSSR count). The Morgan fingerprint density at radius 1 is 1.29 bits per heavy atom. The summed E-state index contributed by atoms with van der Waals surface area (Å²) in [6.45, 7) is 7.50. The molecule has 2 nitrogen and oxygen atoms in total. The van der Waals surface area contributed by atoms with Gasteiger partial charge < -0.3 is 10.2 Å². The lowest BCUT2D eigenvalue weighted by Crippen LogP contribution is -2.29. The molecule has 0 amide bonds. The summed E-state index contributed by atoms with van der Waals surface area (Å²) in [6, 6.07) is 6.49. The number of likely N-dealkylation sites (N-methyl/N-ethyl adjacent to an activating group) is 1. The van der Waals surface area contributed by atoms with Crippen molar-refractivity contribution >= 4 is 5.69 Å². The van der Waals surface area contributed by atoms with E-state index in [-0.39, 0.29) is 5.82 Å². The highest BCUT2D eigenvalue weighted by Gasteiger charge is 2.03. The first-order chi connectivity index (χ1) is 8.11. The predicted octanol–water partition coefficient (Wildman–Crippen LogP) is 3.22. The molecule has 0 aliphatic carbocycles. The number of halogens is 1. The van der Waals surface area contributed by atoms with Gasteiger partial charge >= 0.3 is 0 Å². The van der Waals surface area contributed by atoms with E-state index >= 15 is 0 Å². The number of rotatable bonds is 7. The maximum absolute atomic E-state index is 12.7. The van der Waals surface area contributed by atoms with Gasteiger partial charge in [0.1, 0.15) is 5.82 Å². The molecule has 0 bridgehead atoms. The molecule has 0 aliphatic heterocycles. The zero-order valence-electron chi connectivity index (χ0n) is 11.0. The van der Waals surface area contributed by atoms with Gasteiger partial charge in [-0.25, -0.2) is 4.39 Å². The summed E-state index contributed by atoms with van der Waals surface area (Å²) in [5.74, 6) is 0.551. The first-order valence-electron chi connectivity index (χ1n) is 6.29. The Bertz CT molecular complexity index is 311. The van der Waals surface area contributed by atoms with Gasteiger partial charge in [-0.15, -0.1) is 0 Å². The lowest BCUT2D eigenvalue weighted by atomic mass is 10.1. The van der Waals surface area contributed by atoms with Crippen LogP contribution in [-0.4, -0.2) is 31.6 Å². The minimum absolute atomic E-state index is 0.190. The van der Waals surface area contributed by atoms with Crippen LogP contribution in [0.3, 0.4) is 0 Å². The zero-order valence-corrected chi connectivity index (χ0v) is 11.0. The Kier molecular flexibility index (Phi) is 5.98. The third kappa shape index (κ3) is 5.68. The van der Waals surface area contributed by atoms with E-state index in [1.54, 1.807) is 12.1 Å². The van der Waals surface area contributed by atoms with Crippen molar-refractivity contribution in [1.29, 1.82) is 0 Å². The fraction of sp³-hybridized carbons (Fsp3) is 0.571. The summed E-state index contributed by atoms with van der Waals surface area (Å²) in [4.78, 5) is 2.32. The zero-order chi connectivity index (χ0) is 12.7. The van der Waals surface area contributed by atoms with E-state index in [9.17, 15) is 4.39 Å². The second-order valence-electron chi connectivity index (χ2n) is 4.71. The molecule has 0 radical (unpaired) electrons. The summed E-state index contributed by atoms with van der Waals surface area (Å²) in [6.07, 6.45) is 1.22. The number of hydrogen-bond donors (Lipinski definition) is 1. The van der Waals surface area contributed by atoms with Gasteiger partial charge in [-0.2, -0.15) is 0 Å². The Hall–Kier alpha value is -1.09. The van der Waals surface area contributed by atoms with Crippen LogP contribution in [0.4, 0.5) is 10.1 Å². The van der Waals surface area contributed by atoms with Gasteiger partial charge in [-0.3, -0.25) is 0 Å². The van der Waals surface area contributed by atoms with Gasteiger partial charge in [0, 0.05) is 25.3 Å². The van der Waals surface area contributed by atoms with E-state index in [4.69, 9.17) is 0 Å². The van der Waals surface area contributed by atoms with Gasteiger partial charge in [0.2, 0.25) is 0 Å². The topological polar surface area (TPSA) is 15.3 Å². The van der Waals surface area contributed by atoms with Crippen LogP contribution in [0.15, 0.2) is 24.3 Å². The summed E-state index contributed by atoms with van der Waals surface area (Å²) in [5, 5.41) is 3.29. The number of hydrogen-bond acceptors (Lipinski definition) is 2. The molecule has 3 heteroatoms. The molecule has 0 heterocycles. The highest BCUT2D eigenvalue weighted by atomic mass is 19.1. The second-order valence-corrected chi connectivity index (χ2v) is 4.71. The minimum Gasteiger partial charge on any atom is -0.384 e. The average Bonchev–Trinajstić information content (AvgIpc) is 2.31. The highest BCUT2D eigenvalue weighted by molar-refractivity contribution is 5.42. The normalized spacial score (nSPS) is 12.8. The number of anilines is 1. The van der Waals surface area contributed by atoms with E-state index in [0.717, 1.165) is 31.2 Å². The number of nitrogens with zero attached hydrogens (tertiary/aromatic N) is 1. The quantitative estimate of drug-likeness (QED) is 0.784. The van der Waals surface area contributed by atoms with Crippen LogP contribution in [0.2, 0.25) is 0 Å². The second kappa shape index (κ2) is 7.28. The summed E-state index contributed by atoms with van der Waals surface area (Å²) in [7, 11) is 2.14. The van der Waals surface area contributed by atoms with E-state index in [1.165, 1.54) is 18.6 Å². The van der Waals surface area contributed by atoms with E-state index in [2.05, 4.69) is 31.1 Å². The Labute approximate surface area is 104 Å². The average molecular weight is 238 g/mol. The third-order valence-corrected chi connectivity index (χ3v) is 2.99. The van der Waals surface area contributed by atoms with Crippen molar-refractivity contribution in [2.24, 2.45) is 5.92 Å². The lowest BCUT2D eigenvalue weighted by molar-refractivity contribution is 0.291. The first-order valence-corrected chi connectivity index (χ1v) is 6.29. The molecule has 1 unspecified atom stereocenters. The smallest absolute Gasteiger partial charge is 0.123 e. The minimum atomic E-state index is -0.190. The fourth-order valence-electron chi connectivity index (χ4n) is 1.71. The molecule has 0 saturated heterocycles. The van der Waals surface area contributed by atoms with Gasteiger partial charge in [-0.05, 0) is 37.2 Å². The van der Waals surface area contributed by atoms with Crippen molar-refractivity contribution in [3.8, 4) is 0 Å². The van der Waals surface area contributed by atoms with Crippen LogP contribution in [0, 0.1) is 11.7 Å². The van der Waals surface area contributed by atoms with Gasteiger partial charge in [-0.1, -0.05) is 20.3 Å². The molecular weight excluding hydrogens is 215 g/mol. The SMILES string of the molecule is CCC(C)CN(C)CCNc1ccc(F)cc1. The highest BCUT2D eigenvalue weighted by Crippen LogP contribution is 2.08. The molecule has 0 spiro atoms.